The molecule has 1 aromatic carbocycles. The van der Waals surface area contributed by atoms with Crippen molar-refractivity contribution in [3.8, 4) is 0 Å². The van der Waals surface area contributed by atoms with Crippen LogP contribution in [0.2, 0.25) is 0 Å². The molecule has 5 heteroatoms. The van der Waals surface area contributed by atoms with E-state index in [0.29, 0.717) is 18.4 Å². The van der Waals surface area contributed by atoms with Gasteiger partial charge >= 0.3 is 0 Å². The highest BCUT2D eigenvalue weighted by Crippen LogP contribution is 2.17. The zero-order valence-electron chi connectivity index (χ0n) is 13.1. The second-order valence-corrected chi connectivity index (χ2v) is 7.91. The summed E-state index contributed by atoms with van der Waals surface area (Å²) in [7, 11) is 0. The van der Waals surface area contributed by atoms with Gasteiger partial charge in [0.05, 0.1) is 0 Å². The third-order valence-electron chi connectivity index (χ3n) is 4.01. The van der Waals surface area contributed by atoms with Gasteiger partial charge in [-0.2, -0.15) is 11.8 Å². The summed E-state index contributed by atoms with van der Waals surface area (Å²) in [5.74, 6) is 2.87. The number of halogens is 1. The fraction of sp³-hybridized carbons (Fsp3) is 0.588. The van der Waals surface area contributed by atoms with Crippen LogP contribution in [0.5, 0.6) is 0 Å². The van der Waals surface area contributed by atoms with Crippen molar-refractivity contribution in [2.45, 2.75) is 32.2 Å². The van der Waals surface area contributed by atoms with Gasteiger partial charge in [0.2, 0.25) is 5.91 Å². The predicted molar refractivity (Wildman–Crippen MR) is 98.4 cm³/mol. The summed E-state index contributed by atoms with van der Waals surface area (Å²) >= 11 is 5.44. The predicted octanol–water partition coefficient (Wildman–Crippen LogP) is 3.23. The van der Waals surface area contributed by atoms with E-state index in [4.69, 9.17) is 0 Å². The first-order chi connectivity index (χ1) is 10.7. The lowest BCUT2D eigenvalue weighted by molar-refractivity contribution is -0.121. The smallest absolute Gasteiger partial charge is 0.221 e. The molecular formula is C17H25BrN2OS. The molecule has 22 heavy (non-hydrogen) atoms. The quantitative estimate of drug-likeness (QED) is 0.757. The highest BCUT2D eigenvalue weighted by atomic mass is 79.9. The Hall–Kier alpha value is -0.520. The number of benzene rings is 1. The van der Waals surface area contributed by atoms with E-state index < -0.39 is 0 Å². The molecule has 1 fully saturated rings. The van der Waals surface area contributed by atoms with Crippen LogP contribution in [0.1, 0.15) is 25.3 Å². The van der Waals surface area contributed by atoms with Crippen LogP contribution in [0, 0.1) is 5.92 Å². The Bertz CT molecular complexity index is 477. The minimum Gasteiger partial charge on any atom is -0.356 e. The molecule has 122 valence electrons. The summed E-state index contributed by atoms with van der Waals surface area (Å²) in [6.45, 7) is 3.97. The number of carbonyl (C=O) groups is 1. The first-order valence-electron chi connectivity index (χ1n) is 7.99. The van der Waals surface area contributed by atoms with Crippen LogP contribution < -0.4 is 10.6 Å². The number of nitrogens with one attached hydrogen (secondary N) is 2. The van der Waals surface area contributed by atoms with Crippen molar-refractivity contribution in [2.75, 3.05) is 24.6 Å². The van der Waals surface area contributed by atoms with E-state index in [1.807, 2.05) is 17.8 Å². The van der Waals surface area contributed by atoms with Crippen molar-refractivity contribution in [2.24, 2.45) is 5.92 Å². The van der Waals surface area contributed by atoms with Gasteiger partial charge in [0.25, 0.3) is 0 Å². The largest absolute Gasteiger partial charge is 0.356 e. The summed E-state index contributed by atoms with van der Waals surface area (Å²) in [5.41, 5.74) is 1.32. The van der Waals surface area contributed by atoms with Gasteiger partial charge < -0.3 is 10.6 Å². The third kappa shape index (κ3) is 6.31. The molecule has 2 N–H and O–H groups in total. The fourth-order valence-corrected chi connectivity index (χ4v) is 4.06. The number of amides is 1. The fourth-order valence-electron chi connectivity index (χ4n) is 2.66. The lowest BCUT2D eigenvalue weighted by atomic mass is 9.97. The third-order valence-corrected chi connectivity index (χ3v) is 5.63. The monoisotopic (exact) mass is 384 g/mol. The Morgan fingerprint density at radius 1 is 1.55 bits per heavy atom. The summed E-state index contributed by atoms with van der Waals surface area (Å²) in [6.07, 6.45) is 2.68. The summed E-state index contributed by atoms with van der Waals surface area (Å²) in [5, 5.41) is 6.53. The SMILES string of the molecule is CCC(CNC(=O)CC1CSCCN1)Cc1cccc(Br)c1. The normalized spacial score (nSPS) is 19.6. The van der Waals surface area contributed by atoms with Crippen molar-refractivity contribution in [3.05, 3.63) is 34.3 Å². The van der Waals surface area contributed by atoms with Gasteiger partial charge in [-0.1, -0.05) is 41.4 Å². The molecule has 0 bridgehead atoms. The molecule has 1 heterocycles. The molecule has 1 aliphatic heterocycles. The van der Waals surface area contributed by atoms with Gasteiger partial charge in [0.1, 0.15) is 0 Å². The zero-order valence-corrected chi connectivity index (χ0v) is 15.5. The zero-order chi connectivity index (χ0) is 15.8. The van der Waals surface area contributed by atoms with Gasteiger partial charge in [-0.25, -0.2) is 0 Å². The van der Waals surface area contributed by atoms with Crippen molar-refractivity contribution >= 4 is 33.6 Å². The number of rotatable bonds is 7. The van der Waals surface area contributed by atoms with Crippen LogP contribution in [-0.2, 0) is 11.2 Å². The molecule has 0 aliphatic carbocycles. The molecule has 0 saturated carbocycles. The van der Waals surface area contributed by atoms with E-state index in [2.05, 4.69) is 51.7 Å². The van der Waals surface area contributed by atoms with E-state index in [1.54, 1.807) is 0 Å². The van der Waals surface area contributed by atoms with Crippen LogP contribution in [0.15, 0.2) is 28.7 Å². The van der Waals surface area contributed by atoms with E-state index >= 15 is 0 Å². The lowest BCUT2D eigenvalue weighted by Gasteiger charge is -2.23. The molecule has 1 aliphatic rings. The maximum atomic E-state index is 12.1. The average Bonchev–Trinajstić information content (AvgIpc) is 2.52. The van der Waals surface area contributed by atoms with E-state index in [1.165, 1.54) is 5.56 Å². The Morgan fingerprint density at radius 2 is 2.41 bits per heavy atom. The summed E-state index contributed by atoms with van der Waals surface area (Å²) in [4.78, 5) is 12.1. The summed E-state index contributed by atoms with van der Waals surface area (Å²) in [6, 6.07) is 8.76. The molecule has 1 saturated heterocycles. The Balaban J connectivity index is 1.74. The van der Waals surface area contributed by atoms with Gasteiger partial charge in [0, 0.05) is 41.5 Å². The first kappa shape index (κ1) is 17.8. The maximum Gasteiger partial charge on any atom is 0.221 e. The molecule has 2 unspecified atom stereocenters. The van der Waals surface area contributed by atoms with E-state index in [-0.39, 0.29) is 5.91 Å². The lowest BCUT2D eigenvalue weighted by Crippen LogP contribution is -2.42. The van der Waals surface area contributed by atoms with Gasteiger partial charge in [-0.05, 0) is 30.0 Å². The molecular weight excluding hydrogens is 360 g/mol. The minimum absolute atomic E-state index is 0.174. The Kier molecular flexibility index (Phi) is 7.76. The highest BCUT2D eigenvalue weighted by molar-refractivity contribution is 9.10. The van der Waals surface area contributed by atoms with Crippen LogP contribution in [0.25, 0.3) is 0 Å². The maximum absolute atomic E-state index is 12.1. The molecule has 2 atom stereocenters. The number of carbonyl (C=O) groups excluding carboxylic acids is 1. The highest BCUT2D eigenvalue weighted by Gasteiger charge is 2.17. The molecule has 0 radical (unpaired) electrons. The van der Waals surface area contributed by atoms with Gasteiger partial charge in [-0.3, -0.25) is 4.79 Å². The standard InChI is InChI=1S/C17H25BrN2OS/c1-2-13(8-14-4-3-5-15(18)9-14)11-20-17(21)10-16-12-22-7-6-19-16/h3-5,9,13,16,19H,2,6-8,10-12H2,1H3,(H,20,21). The molecule has 0 aromatic heterocycles. The Labute approximate surface area is 146 Å². The van der Waals surface area contributed by atoms with Crippen molar-refractivity contribution < 1.29 is 4.79 Å². The second kappa shape index (κ2) is 9.58. The van der Waals surface area contributed by atoms with Crippen molar-refractivity contribution in [1.82, 2.24) is 10.6 Å². The number of hydrogen-bond donors (Lipinski definition) is 2. The molecule has 0 spiro atoms. The number of thioether (sulfide) groups is 1. The van der Waals surface area contributed by atoms with Gasteiger partial charge in [0.15, 0.2) is 0 Å². The molecule has 2 rings (SSSR count). The van der Waals surface area contributed by atoms with Crippen LogP contribution in [-0.4, -0.2) is 36.5 Å². The van der Waals surface area contributed by atoms with Crippen molar-refractivity contribution in [1.29, 1.82) is 0 Å². The molecule has 1 aromatic rings. The topological polar surface area (TPSA) is 41.1 Å². The van der Waals surface area contributed by atoms with Gasteiger partial charge in [-0.15, -0.1) is 0 Å². The van der Waals surface area contributed by atoms with Crippen LogP contribution in [0.4, 0.5) is 0 Å². The average molecular weight is 385 g/mol. The van der Waals surface area contributed by atoms with Crippen LogP contribution >= 0.6 is 27.7 Å². The number of hydrogen-bond acceptors (Lipinski definition) is 3. The van der Waals surface area contributed by atoms with E-state index in [0.717, 1.165) is 41.9 Å². The second-order valence-electron chi connectivity index (χ2n) is 5.84. The van der Waals surface area contributed by atoms with Crippen LogP contribution in [0.3, 0.4) is 0 Å². The summed E-state index contributed by atoms with van der Waals surface area (Å²) < 4.78 is 1.12. The Morgan fingerprint density at radius 3 is 3.09 bits per heavy atom. The minimum atomic E-state index is 0.174. The van der Waals surface area contributed by atoms with E-state index in [9.17, 15) is 4.79 Å². The van der Waals surface area contributed by atoms with Crippen molar-refractivity contribution in [3.63, 3.8) is 0 Å². The molecule has 1 amide bonds. The molecule has 3 nitrogen and oxygen atoms in total. The first-order valence-corrected chi connectivity index (χ1v) is 9.94.